The molecule has 1 aromatic carbocycles. The third-order valence-corrected chi connectivity index (χ3v) is 5.30. The van der Waals surface area contributed by atoms with Gasteiger partial charge in [-0.2, -0.15) is 0 Å². The zero-order valence-electron chi connectivity index (χ0n) is 11.3. The van der Waals surface area contributed by atoms with Crippen molar-refractivity contribution in [1.29, 1.82) is 0 Å². The first-order valence-corrected chi connectivity index (χ1v) is 8.53. The summed E-state index contributed by atoms with van der Waals surface area (Å²) in [6.45, 7) is 2.03. The van der Waals surface area contributed by atoms with Crippen molar-refractivity contribution in [2.45, 2.75) is 19.3 Å². The second kappa shape index (κ2) is 7.65. The maximum atomic E-state index is 12.1. The van der Waals surface area contributed by atoms with Crippen LogP contribution in [0.25, 0.3) is 0 Å². The van der Waals surface area contributed by atoms with Crippen LogP contribution in [-0.4, -0.2) is 36.3 Å². The van der Waals surface area contributed by atoms with E-state index < -0.39 is 0 Å². The Bertz CT molecular complexity index is 566. The van der Waals surface area contributed by atoms with Crippen LogP contribution in [0, 0.1) is 3.57 Å². The summed E-state index contributed by atoms with van der Waals surface area (Å²) in [7, 11) is 0. The number of hydrogen-bond acceptors (Lipinski definition) is 2. The number of hydrogen-bond donors (Lipinski definition) is 1. The number of benzene rings is 1. The van der Waals surface area contributed by atoms with Crippen molar-refractivity contribution in [3.8, 4) is 0 Å². The molecule has 0 saturated carbocycles. The lowest BCUT2D eigenvalue weighted by atomic mass is 10.2. The molecule has 4 nitrogen and oxygen atoms in total. The second-order valence-electron chi connectivity index (χ2n) is 4.84. The first-order chi connectivity index (χ1) is 9.99. The quantitative estimate of drug-likeness (QED) is 0.433. The maximum absolute atomic E-state index is 12.1. The Morgan fingerprint density at radius 3 is 2.81 bits per heavy atom. The zero-order valence-corrected chi connectivity index (χ0v) is 15.0. The molecule has 0 aromatic heterocycles. The van der Waals surface area contributed by atoms with Crippen LogP contribution < -0.4 is 5.32 Å². The van der Waals surface area contributed by atoms with Gasteiger partial charge in [-0.15, -0.1) is 0 Å². The first-order valence-electron chi connectivity index (χ1n) is 6.69. The average molecular weight is 441 g/mol. The number of rotatable bonds is 5. The number of halogens is 3. The molecule has 0 radical (unpaired) electrons. The molecular formula is C14H15Cl2IN2O2. The average Bonchev–Trinajstić information content (AvgIpc) is 2.84. The van der Waals surface area contributed by atoms with Gasteiger partial charge in [-0.05, 0) is 47.6 Å². The highest BCUT2D eigenvalue weighted by atomic mass is 127. The molecule has 1 heterocycles. The molecule has 1 aliphatic rings. The van der Waals surface area contributed by atoms with E-state index in [1.807, 2.05) is 27.5 Å². The zero-order chi connectivity index (χ0) is 15.4. The fourth-order valence-corrected chi connectivity index (χ4v) is 3.28. The third kappa shape index (κ3) is 4.47. The highest BCUT2D eigenvalue weighted by Gasteiger charge is 2.19. The number of amides is 2. The molecule has 1 saturated heterocycles. The molecule has 0 spiro atoms. The molecule has 0 bridgehead atoms. The first kappa shape index (κ1) is 16.8. The van der Waals surface area contributed by atoms with Gasteiger partial charge in [0.1, 0.15) is 0 Å². The highest BCUT2D eigenvalue weighted by molar-refractivity contribution is 14.1. The topological polar surface area (TPSA) is 49.4 Å². The van der Waals surface area contributed by atoms with Crippen LogP contribution in [0.15, 0.2) is 12.1 Å². The van der Waals surface area contributed by atoms with E-state index in [-0.39, 0.29) is 11.8 Å². The Morgan fingerprint density at radius 2 is 2.14 bits per heavy atom. The Hall–Kier alpha value is -0.530. The number of carbonyl (C=O) groups is 2. The minimum atomic E-state index is -0.198. The molecule has 7 heteroatoms. The van der Waals surface area contributed by atoms with Crippen molar-refractivity contribution < 1.29 is 9.59 Å². The summed E-state index contributed by atoms with van der Waals surface area (Å²) < 4.78 is 0.686. The molecular weight excluding hydrogens is 426 g/mol. The van der Waals surface area contributed by atoms with Gasteiger partial charge in [-0.25, -0.2) is 0 Å². The summed E-state index contributed by atoms with van der Waals surface area (Å²) in [4.78, 5) is 25.4. The van der Waals surface area contributed by atoms with Crippen LogP contribution >= 0.6 is 45.8 Å². The van der Waals surface area contributed by atoms with Gasteiger partial charge in [0.05, 0.1) is 10.6 Å². The smallest absolute Gasteiger partial charge is 0.252 e. The van der Waals surface area contributed by atoms with Crippen molar-refractivity contribution in [3.63, 3.8) is 0 Å². The molecule has 1 N–H and O–H groups in total. The molecule has 0 unspecified atom stereocenters. The van der Waals surface area contributed by atoms with Crippen molar-refractivity contribution >= 4 is 57.6 Å². The highest BCUT2D eigenvalue weighted by Crippen LogP contribution is 2.26. The largest absolute Gasteiger partial charge is 0.352 e. The molecule has 2 amide bonds. The fourth-order valence-electron chi connectivity index (χ4n) is 2.23. The molecule has 21 heavy (non-hydrogen) atoms. The van der Waals surface area contributed by atoms with Crippen molar-refractivity contribution in [3.05, 3.63) is 31.3 Å². The predicted molar refractivity (Wildman–Crippen MR) is 91.9 cm³/mol. The van der Waals surface area contributed by atoms with E-state index in [4.69, 9.17) is 23.2 Å². The number of likely N-dealkylation sites (tertiary alicyclic amines) is 1. The predicted octanol–water partition coefficient (Wildman–Crippen LogP) is 3.34. The Balaban J connectivity index is 1.83. The van der Waals surface area contributed by atoms with Crippen molar-refractivity contribution in [2.75, 3.05) is 19.6 Å². The van der Waals surface area contributed by atoms with Crippen LogP contribution in [0.4, 0.5) is 0 Å². The minimum Gasteiger partial charge on any atom is -0.352 e. The van der Waals surface area contributed by atoms with Crippen LogP contribution in [0.2, 0.25) is 10.0 Å². The number of nitrogens with zero attached hydrogens (tertiary/aromatic N) is 1. The Labute approximate surface area is 147 Å². The van der Waals surface area contributed by atoms with Gasteiger partial charge >= 0.3 is 0 Å². The Kier molecular flexibility index (Phi) is 6.13. The van der Waals surface area contributed by atoms with Gasteiger partial charge in [0.25, 0.3) is 5.91 Å². The lowest BCUT2D eigenvalue weighted by molar-refractivity contribution is -0.127. The van der Waals surface area contributed by atoms with E-state index >= 15 is 0 Å². The van der Waals surface area contributed by atoms with E-state index in [1.54, 1.807) is 12.1 Å². The SMILES string of the molecule is O=C(NCCCN1CCCC1=O)c1cc(Cl)cc(Cl)c1I. The Morgan fingerprint density at radius 1 is 1.38 bits per heavy atom. The molecule has 114 valence electrons. The summed E-state index contributed by atoms with van der Waals surface area (Å²) >= 11 is 14.0. The van der Waals surface area contributed by atoms with E-state index in [0.29, 0.717) is 38.7 Å². The normalized spacial score (nSPS) is 14.6. The van der Waals surface area contributed by atoms with E-state index in [2.05, 4.69) is 5.32 Å². The minimum absolute atomic E-state index is 0.198. The van der Waals surface area contributed by atoms with E-state index in [1.165, 1.54) is 0 Å². The number of nitrogens with one attached hydrogen (secondary N) is 1. The lowest BCUT2D eigenvalue weighted by Crippen LogP contribution is -2.31. The van der Waals surface area contributed by atoms with Gasteiger partial charge < -0.3 is 10.2 Å². The summed E-state index contributed by atoms with van der Waals surface area (Å²) in [6.07, 6.45) is 2.32. The molecule has 1 fully saturated rings. The van der Waals surface area contributed by atoms with Crippen molar-refractivity contribution in [1.82, 2.24) is 10.2 Å². The maximum Gasteiger partial charge on any atom is 0.252 e. The molecule has 0 atom stereocenters. The lowest BCUT2D eigenvalue weighted by Gasteiger charge is -2.15. The molecule has 2 rings (SSSR count). The fraction of sp³-hybridized carbons (Fsp3) is 0.429. The van der Waals surface area contributed by atoms with Crippen LogP contribution in [0.3, 0.4) is 0 Å². The van der Waals surface area contributed by atoms with Gasteiger partial charge in [-0.1, -0.05) is 23.2 Å². The van der Waals surface area contributed by atoms with E-state index in [0.717, 1.165) is 19.4 Å². The van der Waals surface area contributed by atoms with Gasteiger partial charge in [-0.3, -0.25) is 9.59 Å². The third-order valence-electron chi connectivity index (χ3n) is 3.30. The van der Waals surface area contributed by atoms with Crippen LogP contribution in [0.1, 0.15) is 29.6 Å². The van der Waals surface area contributed by atoms with Gasteiger partial charge in [0, 0.05) is 34.6 Å². The van der Waals surface area contributed by atoms with Crippen LogP contribution in [-0.2, 0) is 4.79 Å². The van der Waals surface area contributed by atoms with E-state index in [9.17, 15) is 9.59 Å². The summed E-state index contributed by atoms with van der Waals surface area (Å²) in [5, 5.41) is 3.74. The standard InChI is InChI=1S/C14H15Cl2IN2O2/c15-9-7-10(13(17)11(16)8-9)14(21)18-4-2-6-19-5-1-3-12(19)20/h7-8H,1-6H2,(H,18,21). The van der Waals surface area contributed by atoms with Gasteiger partial charge in [0.15, 0.2) is 0 Å². The van der Waals surface area contributed by atoms with Crippen molar-refractivity contribution in [2.24, 2.45) is 0 Å². The monoisotopic (exact) mass is 440 g/mol. The summed E-state index contributed by atoms with van der Waals surface area (Å²) in [5.41, 5.74) is 0.477. The molecule has 1 aliphatic heterocycles. The summed E-state index contributed by atoms with van der Waals surface area (Å²) in [5.74, 6) is 0.00838. The molecule has 0 aliphatic carbocycles. The second-order valence-corrected chi connectivity index (χ2v) is 6.77. The number of carbonyl (C=O) groups excluding carboxylic acids is 2. The van der Waals surface area contributed by atoms with Gasteiger partial charge in [0.2, 0.25) is 5.91 Å². The summed E-state index contributed by atoms with van der Waals surface area (Å²) in [6, 6.07) is 3.22. The molecule has 1 aromatic rings. The van der Waals surface area contributed by atoms with Crippen LogP contribution in [0.5, 0.6) is 0 Å².